The number of rotatable bonds is 5. The molecule has 1 aromatic carbocycles. The van der Waals surface area contributed by atoms with Crippen molar-refractivity contribution in [1.82, 2.24) is 9.88 Å². The molecule has 7 heteroatoms. The van der Waals surface area contributed by atoms with Crippen molar-refractivity contribution >= 4 is 15.9 Å². The van der Waals surface area contributed by atoms with Crippen molar-refractivity contribution in [2.24, 2.45) is 11.3 Å². The molecule has 3 rings (SSSR count). The van der Waals surface area contributed by atoms with Crippen molar-refractivity contribution in [3.8, 4) is 11.3 Å². The van der Waals surface area contributed by atoms with Gasteiger partial charge in [-0.2, -0.15) is 0 Å². The molecule has 0 aliphatic heterocycles. The molecule has 0 spiro atoms. The van der Waals surface area contributed by atoms with E-state index in [1.165, 1.54) is 0 Å². The zero-order valence-electron chi connectivity index (χ0n) is 12.9. The fourth-order valence-corrected chi connectivity index (χ4v) is 3.52. The highest BCUT2D eigenvalue weighted by Gasteiger charge is 2.51. The normalized spacial score (nSPS) is 19.3. The highest BCUT2D eigenvalue weighted by Crippen LogP contribution is 2.51. The van der Waals surface area contributed by atoms with Crippen LogP contribution in [0.1, 0.15) is 26.0 Å². The van der Waals surface area contributed by atoms with Crippen LogP contribution in [0.25, 0.3) is 11.3 Å². The van der Waals surface area contributed by atoms with Gasteiger partial charge in [0.2, 0.25) is 15.9 Å². The molecule has 6 nitrogen and oxygen atoms in total. The number of nitrogens with zero attached hydrogens (tertiary/aromatic N) is 1. The average Bonchev–Trinajstić information content (AvgIpc) is 2.91. The van der Waals surface area contributed by atoms with Gasteiger partial charge in [-0.15, -0.1) is 0 Å². The molecule has 1 heterocycles. The molecule has 1 saturated carbocycles. The Labute approximate surface area is 134 Å². The lowest BCUT2D eigenvalue weighted by atomic mass is 10.1. The SMILES string of the molecule is CC1(C)C[C@H]1C(=O)NS(=O)(=O)Cc1cc(-c2ccccc2)no1. The van der Waals surface area contributed by atoms with Crippen LogP contribution in [0.5, 0.6) is 0 Å². The first-order chi connectivity index (χ1) is 10.8. The van der Waals surface area contributed by atoms with Gasteiger partial charge < -0.3 is 4.52 Å². The Bertz CT molecular complexity index is 825. The molecule has 122 valence electrons. The van der Waals surface area contributed by atoms with Crippen molar-refractivity contribution in [3.05, 3.63) is 42.2 Å². The number of nitrogens with one attached hydrogen (secondary N) is 1. The maximum absolute atomic E-state index is 12.1. The van der Waals surface area contributed by atoms with Crippen LogP contribution in [0.15, 0.2) is 40.9 Å². The molecule has 0 radical (unpaired) electrons. The lowest BCUT2D eigenvalue weighted by Gasteiger charge is -2.06. The quantitative estimate of drug-likeness (QED) is 0.906. The van der Waals surface area contributed by atoms with E-state index in [2.05, 4.69) is 9.88 Å². The smallest absolute Gasteiger partial charge is 0.242 e. The van der Waals surface area contributed by atoms with Gasteiger partial charge in [-0.3, -0.25) is 9.52 Å². The molecule has 0 unspecified atom stereocenters. The first-order valence-corrected chi connectivity index (χ1v) is 8.97. The number of carbonyl (C=O) groups excluding carboxylic acids is 1. The number of aromatic nitrogens is 1. The van der Waals surface area contributed by atoms with E-state index in [1.54, 1.807) is 6.07 Å². The second kappa shape index (κ2) is 5.49. The topological polar surface area (TPSA) is 89.3 Å². The third kappa shape index (κ3) is 3.61. The predicted molar refractivity (Wildman–Crippen MR) is 84.6 cm³/mol. The van der Waals surface area contributed by atoms with Crippen LogP contribution in [-0.4, -0.2) is 19.5 Å². The van der Waals surface area contributed by atoms with Crippen LogP contribution in [0.3, 0.4) is 0 Å². The summed E-state index contributed by atoms with van der Waals surface area (Å²) in [5.41, 5.74) is 1.28. The van der Waals surface area contributed by atoms with E-state index in [9.17, 15) is 13.2 Å². The minimum atomic E-state index is -3.79. The van der Waals surface area contributed by atoms with Crippen LogP contribution in [0.4, 0.5) is 0 Å². The highest BCUT2D eigenvalue weighted by molar-refractivity contribution is 7.89. The lowest BCUT2D eigenvalue weighted by molar-refractivity contribution is -0.121. The second-order valence-corrected chi connectivity index (χ2v) is 8.24. The molecule has 23 heavy (non-hydrogen) atoms. The Kier molecular flexibility index (Phi) is 3.75. The molecular weight excluding hydrogens is 316 g/mol. The minimum absolute atomic E-state index is 0.119. The molecule has 1 aliphatic rings. The molecule has 1 N–H and O–H groups in total. The van der Waals surface area contributed by atoms with Crippen LogP contribution in [0.2, 0.25) is 0 Å². The summed E-state index contributed by atoms with van der Waals surface area (Å²) in [4.78, 5) is 11.9. The monoisotopic (exact) mass is 334 g/mol. The number of carbonyl (C=O) groups is 1. The predicted octanol–water partition coefficient (Wildman–Crippen LogP) is 2.33. The molecule has 1 aromatic heterocycles. The number of hydrogen-bond acceptors (Lipinski definition) is 5. The molecule has 2 aromatic rings. The Morgan fingerprint density at radius 3 is 2.61 bits per heavy atom. The number of sulfonamides is 1. The summed E-state index contributed by atoms with van der Waals surface area (Å²) >= 11 is 0. The molecule has 1 aliphatic carbocycles. The zero-order chi connectivity index (χ0) is 16.7. The summed E-state index contributed by atoms with van der Waals surface area (Å²) in [6.07, 6.45) is 0.703. The first-order valence-electron chi connectivity index (χ1n) is 7.32. The van der Waals surface area contributed by atoms with Gasteiger partial charge in [0, 0.05) is 17.5 Å². The summed E-state index contributed by atoms with van der Waals surface area (Å²) in [7, 11) is -3.79. The van der Waals surface area contributed by atoms with E-state index in [0.717, 1.165) is 5.56 Å². The van der Waals surface area contributed by atoms with Crippen LogP contribution >= 0.6 is 0 Å². The summed E-state index contributed by atoms with van der Waals surface area (Å²) in [5.74, 6) is -0.907. The minimum Gasteiger partial charge on any atom is -0.360 e. The zero-order valence-corrected chi connectivity index (χ0v) is 13.8. The third-order valence-electron chi connectivity index (χ3n) is 4.05. The fraction of sp³-hybridized carbons (Fsp3) is 0.375. The molecule has 1 amide bonds. The molecule has 1 atom stereocenters. The third-order valence-corrected chi connectivity index (χ3v) is 5.22. The Morgan fingerprint density at radius 1 is 1.35 bits per heavy atom. The van der Waals surface area contributed by atoms with E-state index in [-0.39, 0.29) is 17.1 Å². The molecule has 0 saturated heterocycles. The maximum atomic E-state index is 12.1. The average molecular weight is 334 g/mol. The lowest BCUT2D eigenvalue weighted by Crippen LogP contribution is -2.33. The Morgan fingerprint density at radius 2 is 2.00 bits per heavy atom. The second-order valence-electron chi connectivity index (χ2n) is 6.52. The highest BCUT2D eigenvalue weighted by atomic mass is 32.2. The number of benzene rings is 1. The van der Waals surface area contributed by atoms with E-state index in [1.807, 2.05) is 44.2 Å². The van der Waals surface area contributed by atoms with E-state index < -0.39 is 21.7 Å². The van der Waals surface area contributed by atoms with E-state index >= 15 is 0 Å². The van der Waals surface area contributed by atoms with Gasteiger partial charge in [-0.25, -0.2) is 8.42 Å². The number of amides is 1. The van der Waals surface area contributed by atoms with Crippen molar-refractivity contribution in [3.63, 3.8) is 0 Å². The summed E-state index contributed by atoms with van der Waals surface area (Å²) in [5, 5.41) is 3.87. The van der Waals surface area contributed by atoms with Gasteiger partial charge in [0.15, 0.2) is 5.76 Å². The summed E-state index contributed by atoms with van der Waals surface area (Å²) in [6, 6.07) is 10.9. The largest absolute Gasteiger partial charge is 0.360 e. The number of hydrogen-bond donors (Lipinski definition) is 1. The Hall–Kier alpha value is -2.15. The van der Waals surface area contributed by atoms with Gasteiger partial charge in [-0.1, -0.05) is 49.3 Å². The van der Waals surface area contributed by atoms with Gasteiger partial charge in [0.05, 0.1) is 0 Å². The molecular formula is C16H18N2O4S. The van der Waals surface area contributed by atoms with Crippen molar-refractivity contribution in [2.75, 3.05) is 0 Å². The Balaban J connectivity index is 1.67. The summed E-state index contributed by atoms with van der Waals surface area (Å²) in [6.45, 7) is 3.87. The summed E-state index contributed by atoms with van der Waals surface area (Å²) < 4.78 is 31.3. The van der Waals surface area contributed by atoms with Crippen LogP contribution in [0, 0.1) is 11.3 Å². The van der Waals surface area contributed by atoms with E-state index in [4.69, 9.17) is 4.52 Å². The first kappa shape index (κ1) is 15.7. The van der Waals surface area contributed by atoms with Crippen LogP contribution in [-0.2, 0) is 20.6 Å². The van der Waals surface area contributed by atoms with Crippen molar-refractivity contribution in [1.29, 1.82) is 0 Å². The molecule has 1 fully saturated rings. The fourth-order valence-electron chi connectivity index (χ4n) is 2.49. The van der Waals surface area contributed by atoms with Crippen molar-refractivity contribution < 1.29 is 17.7 Å². The standard InChI is InChI=1S/C16H18N2O4S/c1-16(2)9-13(16)15(19)18-23(20,21)10-12-8-14(17-22-12)11-6-4-3-5-7-11/h3-8,13H,9-10H2,1-2H3,(H,18,19)/t13-/m0/s1. The van der Waals surface area contributed by atoms with E-state index in [0.29, 0.717) is 12.1 Å². The maximum Gasteiger partial charge on any atom is 0.242 e. The van der Waals surface area contributed by atoms with Gasteiger partial charge in [-0.05, 0) is 11.8 Å². The van der Waals surface area contributed by atoms with Crippen molar-refractivity contribution in [2.45, 2.75) is 26.0 Å². The molecule has 0 bridgehead atoms. The van der Waals surface area contributed by atoms with Gasteiger partial charge in [0.1, 0.15) is 11.4 Å². The van der Waals surface area contributed by atoms with Crippen LogP contribution < -0.4 is 4.72 Å². The van der Waals surface area contributed by atoms with Gasteiger partial charge >= 0.3 is 0 Å². The van der Waals surface area contributed by atoms with Gasteiger partial charge in [0.25, 0.3) is 0 Å².